The van der Waals surface area contributed by atoms with Crippen molar-refractivity contribution in [1.29, 1.82) is 0 Å². The van der Waals surface area contributed by atoms with Gasteiger partial charge in [-0.05, 0) is 37.1 Å². The Labute approximate surface area is 165 Å². The van der Waals surface area contributed by atoms with E-state index in [-0.39, 0.29) is 23.6 Å². The van der Waals surface area contributed by atoms with Gasteiger partial charge in [0.1, 0.15) is 5.82 Å². The highest BCUT2D eigenvalue weighted by Gasteiger charge is 2.40. The minimum absolute atomic E-state index is 0.127. The summed E-state index contributed by atoms with van der Waals surface area (Å²) in [5.74, 6) is -1.79. The second-order valence-electron chi connectivity index (χ2n) is 6.64. The van der Waals surface area contributed by atoms with Crippen LogP contribution in [-0.4, -0.2) is 23.9 Å². The molecule has 29 heavy (non-hydrogen) atoms. The smallest absolute Gasteiger partial charge is 0.314 e. The van der Waals surface area contributed by atoms with E-state index in [1.807, 2.05) is 0 Å². The van der Waals surface area contributed by atoms with Gasteiger partial charge < -0.3 is 4.42 Å². The summed E-state index contributed by atoms with van der Waals surface area (Å²) in [5.41, 5.74) is 0.707. The summed E-state index contributed by atoms with van der Waals surface area (Å²) >= 11 is 0. The third-order valence-corrected chi connectivity index (χ3v) is 6.81. The van der Waals surface area contributed by atoms with Gasteiger partial charge >= 0.3 is 6.43 Å². The monoisotopic (exact) mass is 423 g/mol. The molecule has 152 valence electrons. The van der Waals surface area contributed by atoms with E-state index in [0.29, 0.717) is 18.5 Å². The Morgan fingerprint density at radius 2 is 1.83 bits per heavy atom. The molecule has 0 aliphatic heterocycles. The topological polar surface area (TPSA) is 76.3 Å². The molecule has 10 heteroatoms. The van der Waals surface area contributed by atoms with Crippen molar-refractivity contribution in [1.82, 2.24) is 10.2 Å². The molecular weight excluding hydrogens is 407 g/mol. The maximum Gasteiger partial charge on any atom is 0.314 e. The highest BCUT2D eigenvalue weighted by Crippen LogP contribution is 2.35. The van der Waals surface area contributed by atoms with Crippen molar-refractivity contribution in [3.05, 3.63) is 65.8 Å². The Hall–Kier alpha value is -2.88. The van der Waals surface area contributed by atoms with E-state index in [0.717, 1.165) is 6.07 Å². The zero-order valence-corrected chi connectivity index (χ0v) is 15.8. The summed E-state index contributed by atoms with van der Waals surface area (Å²) in [4.78, 5) is 0. The van der Waals surface area contributed by atoms with E-state index >= 15 is 0 Å². The van der Waals surface area contributed by atoms with E-state index in [1.54, 1.807) is 30.3 Å². The molecule has 1 heterocycles. The fourth-order valence-electron chi connectivity index (χ4n) is 2.87. The van der Waals surface area contributed by atoms with Crippen LogP contribution in [0.4, 0.5) is 18.9 Å². The largest absolute Gasteiger partial charge is 0.415 e. The fourth-order valence-corrected chi connectivity index (χ4v) is 4.70. The predicted octanol–water partition coefficient (Wildman–Crippen LogP) is 4.31. The van der Waals surface area contributed by atoms with Crippen LogP contribution in [0.1, 0.15) is 30.7 Å². The number of sulfonamides is 1. The molecule has 0 bridgehead atoms. The van der Waals surface area contributed by atoms with Gasteiger partial charge in [-0.1, -0.05) is 24.3 Å². The van der Waals surface area contributed by atoms with Crippen LogP contribution in [0.25, 0.3) is 11.5 Å². The van der Waals surface area contributed by atoms with Gasteiger partial charge in [-0.2, -0.15) is 8.78 Å². The molecule has 0 radical (unpaired) electrons. The summed E-state index contributed by atoms with van der Waals surface area (Å²) in [6.07, 6.45) is -1.76. The number of nitrogens with zero attached hydrogens (tertiary/aromatic N) is 3. The summed E-state index contributed by atoms with van der Waals surface area (Å²) < 4.78 is 71.7. The first-order chi connectivity index (χ1) is 13.9. The number of alkyl halides is 2. The molecule has 1 saturated carbocycles. The number of para-hydroxylation sites is 1. The van der Waals surface area contributed by atoms with E-state index in [2.05, 4.69) is 10.2 Å². The first-order valence-corrected chi connectivity index (χ1v) is 10.3. The van der Waals surface area contributed by atoms with Crippen molar-refractivity contribution >= 4 is 15.7 Å². The predicted molar refractivity (Wildman–Crippen MR) is 99.2 cm³/mol. The number of aromatic nitrogens is 2. The zero-order valence-electron chi connectivity index (χ0n) is 15.0. The Bertz CT molecular complexity index is 1120. The molecule has 0 atom stereocenters. The van der Waals surface area contributed by atoms with E-state index in [4.69, 9.17) is 4.42 Å². The molecule has 4 rings (SSSR count). The number of rotatable bonds is 7. The third-order valence-electron chi connectivity index (χ3n) is 4.54. The van der Waals surface area contributed by atoms with E-state index in [9.17, 15) is 21.6 Å². The normalized spacial score (nSPS) is 14.3. The van der Waals surface area contributed by atoms with Crippen molar-refractivity contribution in [2.75, 3.05) is 4.31 Å². The van der Waals surface area contributed by atoms with Crippen LogP contribution in [0.5, 0.6) is 0 Å². The van der Waals surface area contributed by atoms with Crippen molar-refractivity contribution in [2.45, 2.75) is 31.1 Å². The van der Waals surface area contributed by atoms with E-state index < -0.39 is 33.4 Å². The molecule has 1 aliphatic carbocycles. The lowest BCUT2D eigenvalue weighted by Crippen LogP contribution is -2.33. The summed E-state index contributed by atoms with van der Waals surface area (Å²) in [5, 5.41) is 6.24. The minimum Gasteiger partial charge on any atom is -0.415 e. The van der Waals surface area contributed by atoms with Crippen LogP contribution in [0.2, 0.25) is 0 Å². The Balaban J connectivity index is 1.64. The van der Waals surface area contributed by atoms with Gasteiger partial charge in [-0.25, -0.2) is 12.8 Å². The molecule has 0 saturated heterocycles. The molecule has 0 amide bonds. The van der Waals surface area contributed by atoms with Crippen LogP contribution < -0.4 is 4.31 Å². The molecule has 6 nitrogen and oxygen atoms in total. The van der Waals surface area contributed by atoms with Crippen molar-refractivity contribution in [2.24, 2.45) is 0 Å². The quantitative estimate of drug-likeness (QED) is 0.566. The van der Waals surface area contributed by atoms with Crippen LogP contribution >= 0.6 is 0 Å². The van der Waals surface area contributed by atoms with Crippen LogP contribution in [0.3, 0.4) is 0 Å². The average Bonchev–Trinajstić information content (AvgIpc) is 3.45. The molecule has 0 N–H and O–H groups in total. The second kappa shape index (κ2) is 7.51. The fraction of sp³-hybridized carbons (Fsp3) is 0.263. The molecule has 1 aliphatic rings. The number of hydrogen-bond acceptors (Lipinski definition) is 5. The summed E-state index contributed by atoms with van der Waals surface area (Å²) in [6, 6.07) is 12.3. The minimum atomic E-state index is -3.62. The van der Waals surface area contributed by atoms with Gasteiger partial charge in [0.15, 0.2) is 0 Å². The molecule has 2 aromatic carbocycles. The lowest BCUT2D eigenvalue weighted by Gasteiger charge is -2.25. The van der Waals surface area contributed by atoms with Gasteiger partial charge in [0, 0.05) is 11.1 Å². The van der Waals surface area contributed by atoms with Gasteiger partial charge in [0.2, 0.25) is 15.9 Å². The Kier molecular flexibility index (Phi) is 5.03. The Morgan fingerprint density at radius 3 is 2.41 bits per heavy atom. The van der Waals surface area contributed by atoms with Crippen molar-refractivity contribution in [3.63, 3.8) is 0 Å². The highest BCUT2D eigenvalue weighted by molar-refractivity contribution is 7.93. The number of benzene rings is 2. The van der Waals surface area contributed by atoms with Crippen molar-refractivity contribution in [3.8, 4) is 11.5 Å². The van der Waals surface area contributed by atoms with Crippen molar-refractivity contribution < 1.29 is 26.0 Å². The molecule has 1 aromatic heterocycles. The van der Waals surface area contributed by atoms with Gasteiger partial charge in [0.25, 0.3) is 5.89 Å². The zero-order chi connectivity index (χ0) is 20.6. The third kappa shape index (κ3) is 3.98. The first kappa shape index (κ1) is 19.4. The lowest BCUT2D eigenvalue weighted by atomic mass is 10.1. The van der Waals surface area contributed by atoms with Gasteiger partial charge in [-0.15, -0.1) is 10.2 Å². The van der Waals surface area contributed by atoms with Gasteiger partial charge in [0.05, 0.1) is 17.5 Å². The number of anilines is 1. The number of hydrogen-bond donors (Lipinski definition) is 0. The molecular formula is C19H16F3N3O3S. The highest BCUT2D eigenvalue weighted by atomic mass is 32.2. The van der Waals surface area contributed by atoms with E-state index in [1.165, 1.54) is 16.4 Å². The molecule has 3 aromatic rings. The average molecular weight is 423 g/mol. The lowest BCUT2D eigenvalue weighted by molar-refractivity contribution is 0.116. The molecule has 0 unspecified atom stereocenters. The summed E-state index contributed by atoms with van der Waals surface area (Å²) in [6.45, 7) is -0.193. The second-order valence-corrected chi connectivity index (χ2v) is 8.78. The summed E-state index contributed by atoms with van der Waals surface area (Å²) in [7, 11) is -3.62. The van der Waals surface area contributed by atoms with Gasteiger partial charge in [-0.3, -0.25) is 4.31 Å². The standard InChI is InChI=1S/C19H16F3N3O3S/c20-16-10-12(18-23-24-19(28-18)17(21)22)6-7-13(16)11-25(14-4-2-1-3-5-14)29(26,27)15-8-9-15/h1-7,10,15,17H,8-9,11H2. The molecule has 1 fully saturated rings. The molecule has 0 spiro atoms. The first-order valence-electron chi connectivity index (χ1n) is 8.83. The Morgan fingerprint density at radius 1 is 1.10 bits per heavy atom. The van der Waals surface area contributed by atoms with Crippen LogP contribution in [0, 0.1) is 5.82 Å². The SMILES string of the molecule is O=S(=O)(C1CC1)N(Cc1ccc(-c2nnc(C(F)F)o2)cc1F)c1ccccc1. The maximum atomic E-state index is 14.7. The number of halogens is 3. The maximum absolute atomic E-state index is 14.7. The van der Waals surface area contributed by atoms with Crippen LogP contribution in [-0.2, 0) is 16.6 Å². The van der Waals surface area contributed by atoms with Crippen LogP contribution in [0.15, 0.2) is 52.9 Å².